The van der Waals surface area contributed by atoms with Gasteiger partial charge in [-0.15, -0.1) is 5.10 Å². The molecule has 0 aliphatic rings. The summed E-state index contributed by atoms with van der Waals surface area (Å²) in [5.41, 5.74) is 4.57. The molecule has 0 fully saturated rings. The van der Waals surface area contributed by atoms with Crippen LogP contribution in [0.15, 0.2) is 34.8 Å². The quantitative estimate of drug-likeness (QED) is 0.699. The number of aromatic nitrogens is 3. The minimum Gasteiger partial charge on any atom is -0.482 e. The van der Waals surface area contributed by atoms with E-state index in [2.05, 4.69) is 26.2 Å². The first-order valence-electron chi connectivity index (χ1n) is 7.20. The van der Waals surface area contributed by atoms with Crippen molar-refractivity contribution in [2.45, 2.75) is 20.8 Å². The molecule has 0 saturated carbocycles. The van der Waals surface area contributed by atoms with Gasteiger partial charge in [0.05, 0.1) is 9.99 Å². The van der Waals surface area contributed by atoms with Crippen molar-refractivity contribution in [2.24, 2.45) is 0 Å². The maximum absolute atomic E-state index is 12.4. The van der Waals surface area contributed by atoms with Gasteiger partial charge >= 0.3 is 0 Å². The molecule has 6 heteroatoms. The SMILES string of the molecule is Cc1cc(C)c(OCC(=O)n2nnc3cc(C)ccc32)c(Br)c1. The third kappa shape index (κ3) is 3.12. The number of nitrogens with zero attached hydrogens (tertiary/aromatic N) is 3. The van der Waals surface area contributed by atoms with Crippen LogP contribution in [0.4, 0.5) is 0 Å². The van der Waals surface area contributed by atoms with E-state index in [1.807, 2.05) is 51.1 Å². The molecule has 2 aromatic carbocycles. The smallest absolute Gasteiger partial charge is 0.286 e. The van der Waals surface area contributed by atoms with Crippen molar-refractivity contribution >= 4 is 32.9 Å². The molecule has 118 valence electrons. The van der Waals surface area contributed by atoms with Crippen LogP contribution >= 0.6 is 15.9 Å². The Balaban J connectivity index is 1.82. The Morgan fingerprint density at radius 2 is 1.96 bits per heavy atom. The second-order valence-electron chi connectivity index (χ2n) is 5.57. The summed E-state index contributed by atoms with van der Waals surface area (Å²) in [5, 5.41) is 7.96. The fourth-order valence-electron chi connectivity index (χ4n) is 2.50. The summed E-state index contributed by atoms with van der Waals surface area (Å²) >= 11 is 3.47. The zero-order chi connectivity index (χ0) is 16.6. The first-order chi connectivity index (χ1) is 11.0. The van der Waals surface area contributed by atoms with E-state index in [0.29, 0.717) is 16.8 Å². The third-order valence-corrected chi connectivity index (χ3v) is 4.14. The predicted molar refractivity (Wildman–Crippen MR) is 92.0 cm³/mol. The Labute approximate surface area is 142 Å². The van der Waals surface area contributed by atoms with E-state index in [9.17, 15) is 4.79 Å². The van der Waals surface area contributed by atoms with Crippen molar-refractivity contribution in [3.63, 3.8) is 0 Å². The molecular weight excluding hydrogens is 358 g/mol. The highest BCUT2D eigenvalue weighted by Gasteiger charge is 2.14. The summed E-state index contributed by atoms with van der Waals surface area (Å²) < 4.78 is 7.81. The molecule has 0 saturated heterocycles. The van der Waals surface area contributed by atoms with Gasteiger partial charge in [0.25, 0.3) is 5.91 Å². The van der Waals surface area contributed by atoms with Crippen molar-refractivity contribution in [3.05, 3.63) is 51.5 Å². The molecule has 1 heterocycles. The Hall–Kier alpha value is -2.21. The normalized spacial score (nSPS) is 11.0. The number of carbonyl (C=O) groups excluding carboxylic acids is 1. The van der Waals surface area contributed by atoms with E-state index in [1.54, 1.807) is 0 Å². The van der Waals surface area contributed by atoms with Crippen LogP contribution in [0.2, 0.25) is 0 Å². The lowest BCUT2D eigenvalue weighted by atomic mass is 10.1. The standard InChI is InChI=1S/C17H16BrN3O2/c1-10-4-5-15-14(8-10)19-20-21(15)16(22)9-23-17-12(3)6-11(2)7-13(17)18/h4-8H,9H2,1-3H3. The number of hydrogen-bond donors (Lipinski definition) is 0. The van der Waals surface area contributed by atoms with Gasteiger partial charge < -0.3 is 4.74 Å². The van der Waals surface area contributed by atoms with Crippen LogP contribution in [-0.2, 0) is 0 Å². The van der Waals surface area contributed by atoms with Gasteiger partial charge in [0.1, 0.15) is 11.3 Å². The predicted octanol–water partition coefficient (Wildman–Crippen LogP) is 3.84. The second kappa shape index (κ2) is 6.12. The van der Waals surface area contributed by atoms with Gasteiger partial charge in [-0.3, -0.25) is 4.79 Å². The van der Waals surface area contributed by atoms with Gasteiger partial charge in [0, 0.05) is 0 Å². The Morgan fingerprint density at radius 3 is 2.70 bits per heavy atom. The Kier molecular flexibility index (Phi) is 4.17. The molecule has 0 atom stereocenters. The number of benzene rings is 2. The van der Waals surface area contributed by atoms with Crippen molar-refractivity contribution in [1.29, 1.82) is 0 Å². The van der Waals surface area contributed by atoms with Gasteiger partial charge in [-0.2, -0.15) is 4.68 Å². The summed E-state index contributed by atoms with van der Waals surface area (Å²) in [6, 6.07) is 9.64. The molecule has 3 aromatic rings. The molecular formula is C17H16BrN3O2. The number of hydrogen-bond acceptors (Lipinski definition) is 4. The zero-order valence-electron chi connectivity index (χ0n) is 13.1. The van der Waals surface area contributed by atoms with Crippen molar-refractivity contribution in [2.75, 3.05) is 6.61 Å². The van der Waals surface area contributed by atoms with Crippen LogP contribution < -0.4 is 4.74 Å². The molecule has 0 spiro atoms. The monoisotopic (exact) mass is 373 g/mol. The number of fused-ring (bicyclic) bond motifs is 1. The topological polar surface area (TPSA) is 57.0 Å². The highest BCUT2D eigenvalue weighted by molar-refractivity contribution is 9.10. The third-order valence-electron chi connectivity index (χ3n) is 3.55. The Morgan fingerprint density at radius 1 is 1.17 bits per heavy atom. The molecule has 0 aliphatic carbocycles. The van der Waals surface area contributed by atoms with Gasteiger partial charge in [0.2, 0.25) is 0 Å². The van der Waals surface area contributed by atoms with Crippen LogP contribution in [0.5, 0.6) is 5.75 Å². The van der Waals surface area contributed by atoms with Crippen LogP contribution in [0.25, 0.3) is 11.0 Å². The van der Waals surface area contributed by atoms with Crippen molar-refractivity contribution in [3.8, 4) is 5.75 Å². The van der Waals surface area contributed by atoms with E-state index >= 15 is 0 Å². The minimum atomic E-state index is -0.261. The highest BCUT2D eigenvalue weighted by atomic mass is 79.9. The first kappa shape index (κ1) is 15.7. The van der Waals surface area contributed by atoms with E-state index < -0.39 is 0 Å². The molecule has 0 N–H and O–H groups in total. The molecule has 0 amide bonds. The van der Waals surface area contributed by atoms with E-state index in [1.165, 1.54) is 4.68 Å². The summed E-state index contributed by atoms with van der Waals surface area (Å²) in [6.45, 7) is 5.83. The fraction of sp³-hybridized carbons (Fsp3) is 0.235. The lowest BCUT2D eigenvalue weighted by Gasteiger charge is -2.11. The maximum atomic E-state index is 12.4. The largest absolute Gasteiger partial charge is 0.482 e. The summed E-state index contributed by atoms with van der Waals surface area (Å²) in [6.07, 6.45) is 0. The van der Waals surface area contributed by atoms with E-state index in [-0.39, 0.29) is 12.5 Å². The maximum Gasteiger partial charge on any atom is 0.286 e. The molecule has 3 rings (SSSR count). The first-order valence-corrected chi connectivity index (χ1v) is 8.00. The lowest BCUT2D eigenvalue weighted by molar-refractivity contribution is 0.0823. The van der Waals surface area contributed by atoms with Crippen molar-refractivity contribution < 1.29 is 9.53 Å². The second-order valence-corrected chi connectivity index (χ2v) is 6.42. The lowest BCUT2D eigenvalue weighted by Crippen LogP contribution is -2.21. The van der Waals surface area contributed by atoms with Gasteiger partial charge in [-0.25, -0.2) is 0 Å². The average molecular weight is 374 g/mol. The zero-order valence-corrected chi connectivity index (χ0v) is 14.7. The molecule has 1 aromatic heterocycles. The van der Waals surface area contributed by atoms with Gasteiger partial charge in [-0.1, -0.05) is 17.3 Å². The van der Waals surface area contributed by atoms with Gasteiger partial charge in [-0.05, 0) is 71.6 Å². The number of ether oxygens (including phenoxy) is 1. The number of halogens is 1. The number of carbonyl (C=O) groups is 1. The number of rotatable bonds is 3. The van der Waals surface area contributed by atoms with E-state index in [4.69, 9.17) is 4.74 Å². The molecule has 0 unspecified atom stereocenters. The average Bonchev–Trinajstić information content (AvgIpc) is 2.88. The fourth-order valence-corrected chi connectivity index (χ4v) is 3.29. The summed E-state index contributed by atoms with van der Waals surface area (Å²) in [7, 11) is 0. The summed E-state index contributed by atoms with van der Waals surface area (Å²) in [4.78, 5) is 12.4. The van der Waals surface area contributed by atoms with Crippen molar-refractivity contribution in [1.82, 2.24) is 15.0 Å². The molecule has 0 aliphatic heterocycles. The van der Waals surface area contributed by atoms with Crippen LogP contribution in [0.3, 0.4) is 0 Å². The number of aryl methyl sites for hydroxylation is 3. The molecule has 23 heavy (non-hydrogen) atoms. The van der Waals surface area contributed by atoms with E-state index in [0.717, 1.165) is 21.2 Å². The Bertz CT molecular complexity index is 879. The molecule has 5 nitrogen and oxygen atoms in total. The molecule has 0 radical (unpaired) electrons. The van der Waals surface area contributed by atoms with Crippen LogP contribution in [0, 0.1) is 20.8 Å². The van der Waals surface area contributed by atoms with Crippen LogP contribution in [0.1, 0.15) is 21.5 Å². The minimum absolute atomic E-state index is 0.102. The summed E-state index contributed by atoms with van der Waals surface area (Å²) in [5.74, 6) is 0.410. The van der Waals surface area contributed by atoms with Crippen LogP contribution in [-0.4, -0.2) is 27.5 Å². The highest BCUT2D eigenvalue weighted by Crippen LogP contribution is 2.30. The van der Waals surface area contributed by atoms with Gasteiger partial charge in [0.15, 0.2) is 6.61 Å². The molecule has 0 bridgehead atoms.